The molecule has 0 radical (unpaired) electrons. The number of carbonyl (C=O) groups excluding carboxylic acids is 2. The molecule has 6 heteroatoms. The maximum absolute atomic E-state index is 11.9. The Kier molecular flexibility index (Phi) is 3.83. The molecule has 0 saturated carbocycles. The Hall–Kier alpha value is -2.24. The zero-order valence-electron chi connectivity index (χ0n) is 12.1. The van der Waals surface area contributed by atoms with Crippen LogP contribution in [0.3, 0.4) is 0 Å². The van der Waals surface area contributed by atoms with Crippen molar-refractivity contribution >= 4 is 23.2 Å². The second kappa shape index (κ2) is 5.40. The van der Waals surface area contributed by atoms with Crippen LogP contribution in [-0.4, -0.2) is 50.5 Å². The first kappa shape index (κ1) is 14.2. The van der Waals surface area contributed by atoms with Crippen molar-refractivity contribution in [1.82, 2.24) is 4.90 Å². The lowest BCUT2D eigenvalue weighted by Crippen LogP contribution is -2.42. The van der Waals surface area contributed by atoms with E-state index in [1.807, 2.05) is 12.1 Å². The number of benzene rings is 1. The highest BCUT2D eigenvalue weighted by molar-refractivity contribution is 5.99. The maximum atomic E-state index is 11.9. The van der Waals surface area contributed by atoms with Crippen LogP contribution in [0, 0.1) is 0 Å². The summed E-state index contributed by atoms with van der Waals surface area (Å²) in [6.07, 6.45) is -0.471. The molecule has 0 aromatic heterocycles. The Bertz CT molecular complexity index is 542. The molecule has 1 heterocycles. The van der Waals surface area contributed by atoms with Crippen LogP contribution in [-0.2, 0) is 9.59 Å². The summed E-state index contributed by atoms with van der Waals surface area (Å²) in [7, 11) is 5.13. The van der Waals surface area contributed by atoms with Gasteiger partial charge in [0.15, 0.2) is 6.10 Å². The summed E-state index contributed by atoms with van der Waals surface area (Å²) in [6.45, 7) is 1.93. The number of carbonyl (C=O) groups is 2. The van der Waals surface area contributed by atoms with E-state index in [1.54, 1.807) is 39.0 Å². The van der Waals surface area contributed by atoms with Gasteiger partial charge in [0.25, 0.3) is 5.91 Å². The van der Waals surface area contributed by atoms with Crippen LogP contribution in [0.25, 0.3) is 0 Å². The summed E-state index contributed by atoms with van der Waals surface area (Å²) in [6, 6.07) is 5.44. The van der Waals surface area contributed by atoms with Gasteiger partial charge in [-0.3, -0.25) is 9.59 Å². The zero-order valence-corrected chi connectivity index (χ0v) is 12.1. The molecule has 0 saturated heterocycles. The second-order valence-electron chi connectivity index (χ2n) is 4.98. The molecule has 20 heavy (non-hydrogen) atoms. The average Bonchev–Trinajstić information content (AvgIpc) is 2.42. The van der Waals surface area contributed by atoms with E-state index in [-0.39, 0.29) is 18.4 Å². The lowest BCUT2D eigenvalue weighted by molar-refractivity contribution is -0.127. The van der Waals surface area contributed by atoms with E-state index < -0.39 is 6.10 Å². The monoisotopic (exact) mass is 277 g/mol. The van der Waals surface area contributed by atoms with Crippen molar-refractivity contribution in [3.63, 3.8) is 0 Å². The normalized spacial score (nSPS) is 17.3. The van der Waals surface area contributed by atoms with Gasteiger partial charge in [0.1, 0.15) is 5.75 Å². The fourth-order valence-corrected chi connectivity index (χ4v) is 1.96. The molecule has 1 aliphatic heterocycles. The fraction of sp³-hybridized carbons (Fsp3) is 0.429. The van der Waals surface area contributed by atoms with Crippen molar-refractivity contribution in [2.45, 2.75) is 13.0 Å². The fourth-order valence-electron chi connectivity index (χ4n) is 1.96. The predicted molar refractivity (Wildman–Crippen MR) is 77.1 cm³/mol. The van der Waals surface area contributed by atoms with E-state index >= 15 is 0 Å². The molecular weight excluding hydrogens is 258 g/mol. The number of likely N-dealkylation sites (N-methyl/N-ethyl adjacent to an activating group) is 2. The van der Waals surface area contributed by atoms with Crippen LogP contribution < -0.4 is 15.0 Å². The first-order valence-electron chi connectivity index (χ1n) is 6.42. The molecule has 108 valence electrons. The van der Waals surface area contributed by atoms with Crippen molar-refractivity contribution in [3.8, 4) is 5.75 Å². The number of hydrogen-bond acceptors (Lipinski definition) is 4. The minimum Gasteiger partial charge on any atom is -0.479 e. The SMILES string of the molecule is CC1Oc2ccc(NCC(=O)N(C)C)cc2N(C)C1=O. The smallest absolute Gasteiger partial charge is 0.267 e. The highest BCUT2D eigenvalue weighted by atomic mass is 16.5. The summed E-state index contributed by atoms with van der Waals surface area (Å²) in [5, 5.41) is 3.04. The minimum atomic E-state index is -0.471. The Balaban J connectivity index is 2.16. The van der Waals surface area contributed by atoms with Crippen LogP contribution >= 0.6 is 0 Å². The molecule has 1 aliphatic rings. The number of fused-ring (bicyclic) bond motifs is 1. The molecular formula is C14H19N3O3. The molecule has 0 bridgehead atoms. The zero-order chi connectivity index (χ0) is 14.9. The van der Waals surface area contributed by atoms with Crippen LogP contribution in [0.2, 0.25) is 0 Å². The van der Waals surface area contributed by atoms with Gasteiger partial charge < -0.3 is 19.9 Å². The number of rotatable bonds is 3. The third-order valence-electron chi connectivity index (χ3n) is 3.24. The standard InChI is InChI=1S/C14H19N3O3/c1-9-14(19)17(4)11-7-10(5-6-12(11)20-9)15-8-13(18)16(2)3/h5-7,9,15H,8H2,1-4H3. The Morgan fingerprint density at radius 1 is 1.45 bits per heavy atom. The number of amides is 2. The molecule has 0 aliphatic carbocycles. The van der Waals surface area contributed by atoms with Crippen LogP contribution in [0.4, 0.5) is 11.4 Å². The van der Waals surface area contributed by atoms with Crippen molar-refractivity contribution in [3.05, 3.63) is 18.2 Å². The van der Waals surface area contributed by atoms with Crippen molar-refractivity contribution < 1.29 is 14.3 Å². The summed E-state index contributed by atoms with van der Waals surface area (Å²) in [5.41, 5.74) is 1.48. The van der Waals surface area contributed by atoms with E-state index in [0.717, 1.165) is 5.69 Å². The van der Waals surface area contributed by atoms with Gasteiger partial charge in [0, 0.05) is 26.8 Å². The molecule has 1 atom stereocenters. The van der Waals surface area contributed by atoms with E-state index in [0.29, 0.717) is 11.4 Å². The van der Waals surface area contributed by atoms with Crippen LogP contribution in [0.5, 0.6) is 5.75 Å². The summed E-state index contributed by atoms with van der Waals surface area (Å²) in [4.78, 5) is 26.5. The molecule has 0 spiro atoms. The van der Waals surface area contributed by atoms with E-state index in [9.17, 15) is 9.59 Å². The van der Waals surface area contributed by atoms with Gasteiger partial charge in [-0.1, -0.05) is 0 Å². The summed E-state index contributed by atoms with van der Waals surface area (Å²) in [5.74, 6) is 0.570. The number of ether oxygens (including phenoxy) is 1. The molecule has 1 aromatic rings. The first-order chi connectivity index (χ1) is 9.40. The van der Waals surface area contributed by atoms with Gasteiger partial charge in [-0.2, -0.15) is 0 Å². The van der Waals surface area contributed by atoms with Crippen molar-refractivity contribution in [2.24, 2.45) is 0 Å². The average molecular weight is 277 g/mol. The lowest BCUT2D eigenvalue weighted by atomic mass is 10.2. The molecule has 1 aromatic carbocycles. The van der Waals surface area contributed by atoms with Gasteiger partial charge in [0.2, 0.25) is 5.91 Å². The van der Waals surface area contributed by atoms with Gasteiger partial charge in [0.05, 0.1) is 12.2 Å². The molecule has 2 amide bonds. The first-order valence-corrected chi connectivity index (χ1v) is 6.42. The molecule has 0 fully saturated rings. The van der Waals surface area contributed by atoms with Gasteiger partial charge >= 0.3 is 0 Å². The number of nitrogens with one attached hydrogen (secondary N) is 1. The van der Waals surface area contributed by atoms with Crippen LogP contribution in [0.1, 0.15) is 6.92 Å². The van der Waals surface area contributed by atoms with E-state index in [1.165, 1.54) is 4.90 Å². The van der Waals surface area contributed by atoms with Gasteiger partial charge in [-0.05, 0) is 25.1 Å². The van der Waals surface area contributed by atoms with Crippen molar-refractivity contribution in [1.29, 1.82) is 0 Å². The Labute approximate surface area is 118 Å². The molecule has 1 N–H and O–H groups in total. The molecule has 1 unspecified atom stereocenters. The maximum Gasteiger partial charge on any atom is 0.267 e. The second-order valence-corrected chi connectivity index (χ2v) is 4.98. The van der Waals surface area contributed by atoms with E-state index in [4.69, 9.17) is 4.74 Å². The number of hydrogen-bond donors (Lipinski definition) is 1. The number of anilines is 2. The number of nitrogens with zero attached hydrogens (tertiary/aromatic N) is 2. The van der Waals surface area contributed by atoms with E-state index in [2.05, 4.69) is 5.32 Å². The lowest BCUT2D eigenvalue weighted by Gasteiger charge is -2.30. The molecule has 2 rings (SSSR count). The third-order valence-corrected chi connectivity index (χ3v) is 3.24. The Morgan fingerprint density at radius 3 is 2.80 bits per heavy atom. The predicted octanol–water partition coefficient (Wildman–Crippen LogP) is 0.930. The van der Waals surface area contributed by atoms with Crippen molar-refractivity contribution in [2.75, 3.05) is 37.9 Å². The Morgan fingerprint density at radius 2 is 2.15 bits per heavy atom. The quantitative estimate of drug-likeness (QED) is 0.893. The molecule has 6 nitrogen and oxygen atoms in total. The van der Waals surface area contributed by atoms with Gasteiger partial charge in [-0.25, -0.2) is 0 Å². The highest BCUT2D eigenvalue weighted by Gasteiger charge is 2.28. The minimum absolute atomic E-state index is 0.0166. The summed E-state index contributed by atoms with van der Waals surface area (Å²) < 4.78 is 5.54. The van der Waals surface area contributed by atoms with Gasteiger partial charge in [-0.15, -0.1) is 0 Å². The largest absolute Gasteiger partial charge is 0.479 e. The third kappa shape index (κ3) is 2.68. The summed E-state index contributed by atoms with van der Waals surface area (Å²) >= 11 is 0. The highest BCUT2D eigenvalue weighted by Crippen LogP contribution is 2.35. The van der Waals surface area contributed by atoms with Crippen LogP contribution in [0.15, 0.2) is 18.2 Å². The topological polar surface area (TPSA) is 61.9 Å².